The van der Waals surface area contributed by atoms with Gasteiger partial charge in [0.05, 0.1) is 12.7 Å². The van der Waals surface area contributed by atoms with Gasteiger partial charge in [-0.1, -0.05) is 11.6 Å². The van der Waals surface area contributed by atoms with Gasteiger partial charge in [0, 0.05) is 5.02 Å². The first-order valence-electron chi connectivity index (χ1n) is 7.07. The number of aromatic nitrogens is 1. The number of nitrogens with zero attached hydrogens (tertiary/aromatic N) is 2. The van der Waals surface area contributed by atoms with Crippen LogP contribution in [-0.4, -0.2) is 35.4 Å². The van der Waals surface area contributed by atoms with E-state index in [1.807, 2.05) is 0 Å². The third-order valence-corrected chi connectivity index (χ3v) is 3.24. The standard InChI is InChI=1S/C15H13ClN4O6/c1-25-11-5-4-9(16)7-10(11)15(22)19-18-13(21)8-26-12-3-2-6-17-14(12)20(23)24/h2-7H,8H2,1H3,(H,18,21)(H,19,22). The van der Waals surface area contributed by atoms with Gasteiger partial charge in [0.25, 0.3) is 11.8 Å². The van der Waals surface area contributed by atoms with E-state index in [-0.39, 0.29) is 17.1 Å². The van der Waals surface area contributed by atoms with Crippen molar-refractivity contribution in [2.75, 3.05) is 13.7 Å². The monoisotopic (exact) mass is 380 g/mol. The highest BCUT2D eigenvalue weighted by molar-refractivity contribution is 6.31. The zero-order valence-electron chi connectivity index (χ0n) is 13.4. The number of carbonyl (C=O) groups excluding carboxylic acids is 2. The zero-order valence-corrected chi connectivity index (χ0v) is 14.1. The summed E-state index contributed by atoms with van der Waals surface area (Å²) >= 11 is 5.83. The van der Waals surface area contributed by atoms with Crippen molar-refractivity contribution in [3.63, 3.8) is 0 Å². The van der Waals surface area contributed by atoms with Crippen LogP contribution >= 0.6 is 11.6 Å². The Hall–Kier alpha value is -3.40. The first-order valence-corrected chi connectivity index (χ1v) is 7.45. The van der Waals surface area contributed by atoms with Crippen LogP contribution in [0.2, 0.25) is 5.02 Å². The number of amides is 2. The number of pyridine rings is 1. The molecule has 136 valence electrons. The summed E-state index contributed by atoms with van der Waals surface area (Å²) in [6, 6.07) is 7.15. The van der Waals surface area contributed by atoms with E-state index in [1.165, 1.54) is 37.6 Å². The molecule has 11 heteroatoms. The second kappa shape index (κ2) is 8.62. The van der Waals surface area contributed by atoms with Crippen molar-refractivity contribution in [1.29, 1.82) is 0 Å². The molecule has 2 aromatic rings. The predicted molar refractivity (Wildman–Crippen MR) is 90.0 cm³/mol. The Labute approximate surface area is 152 Å². The molecular weight excluding hydrogens is 368 g/mol. The number of halogens is 1. The van der Waals surface area contributed by atoms with Crippen molar-refractivity contribution >= 4 is 29.2 Å². The Morgan fingerprint density at radius 3 is 2.73 bits per heavy atom. The van der Waals surface area contributed by atoms with Crippen LogP contribution < -0.4 is 20.3 Å². The lowest BCUT2D eigenvalue weighted by molar-refractivity contribution is -0.390. The molecule has 0 fully saturated rings. The van der Waals surface area contributed by atoms with Crippen molar-refractivity contribution in [1.82, 2.24) is 15.8 Å². The molecule has 0 bridgehead atoms. The summed E-state index contributed by atoms with van der Waals surface area (Å²) in [4.78, 5) is 37.5. The van der Waals surface area contributed by atoms with Crippen LogP contribution in [0, 0.1) is 10.1 Å². The van der Waals surface area contributed by atoms with Crippen LogP contribution in [0.5, 0.6) is 11.5 Å². The van der Waals surface area contributed by atoms with Crippen LogP contribution in [0.25, 0.3) is 0 Å². The quantitative estimate of drug-likeness (QED) is 0.573. The van der Waals surface area contributed by atoms with Crippen LogP contribution in [0.4, 0.5) is 5.82 Å². The minimum absolute atomic E-state index is 0.115. The molecule has 26 heavy (non-hydrogen) atoms. The number of nitro groups is 1. The third-order valence-electron chi connectivity index (χ3n) is 3.00. The normalized spacial score (nSPS) is 9.92. The molecule has 2 N–H and O–H groups in total. The lowest BCUT2D eigenvalue weighted by Gasteiger charge is -2.11. The van der Waals surface area contributed by atoms with Gasteiger partial charge in [-0.25, -0.2) is 0 Å². The fraction of sp³-hybridized carbons (Fsp3) is 0.133. The third kappa shape index (κ3) is 4.80. The average molecular weight is 381 g/mol. The minimum Gasteiger partial charge on any atom is -0.496 e. The molecular formula is C15H13ClN4O6. The largest absolute Gasteiger partial charge is 0.496 e. The Balaban J connectivity index is 1.92. The maximum absolute atomic E-state index is 12.1. The van der Waals surface area contributed by atoms with Crippen LogP contribution in [-0.2, 0) is 4.79 Å². The fourth-order valence-electron chi connectivity index (χ4n) is 1.86. The van der Waals surface area contributed by atoms with E-state index in [0.29, 0.717) is 5.02 Å². The van der Waals surface area contributed by atoms with Crippen molar-refractivity contribution in [2.45, 2.75) is 0 Å². The summed E-state index contributed by atoms with van der Waals surface area (Å²) in [5.74, 6) is -1.82. The molecule has 1 aromatic heterocycles. The number of ether oxygens (including phenoxy) is 2. The van der Waals surface area contributed by atoms with Gasteiger partial charge < -0.3 is 19.6 Å². The molecule has 1 heterocycles. The van der Waals surface area contributed by atoms with Crippen molar-refractivity contribution in [3.8, 4) is 11.5 Å². The Bertz CT molecular complexity index is 845. The molecule has 0 aliphatic rings. The molecule has 0 radical (unpaired) electrons. The fourth-order valence-corrected chi connectivity index (χ4v) is 2.03. The number of hydrogen-bond donors (Lipinski definition) is 2. The SMILES string of the molecule is COc1ccc(Cl)cc1C(=O)NNC(=O)COc1cccnc1[N+](=O)[O-]. The van der Waals surface area contributed by atoms with Gasteiger partial charge in [0.2, 0.25) is 5.75 Å². The Morgan fingerprint density at radius 2 is 2.04 bits per heavy atom. The van der Waals surface area contributed by atoms with Crippen LogP contribution in [0.3, 0.4) is 0 Å². The zero-order chi connectivity index (χ0) is 19.1. The summed E-state index contributed by atoms with van der Waals surface area (Å²) in [6.07, 6.45) is 1.23. The van der Waals surface area contributed by atoms with Gasteiger partial charge >= 0.3 is 5.82 Å². The first-order chi connectivity index (χ1) is 12.4. The van der Waals surface area contributed by atoms with Gasteiger partial charge in [-0.15, -0.1) is 0 Å². The number of benzene rings is 1. The maximum atomic E-state index is 12.1. The average Bonchev–Trinajstić information content (AvgIpc) is 2.64. The van der Waals surface area contributed by atoms with E-state index in [1.54, 1.807) is 6.07 Å². The number of methoxy groups -OCH3 is 1. The highest BCUT2D eigenvalue weighted by atomic mass is 35.5. The number of carbonyl (C=O) groups is 2. The lowest BCUT2D eigenvalue weighted by atomic mass is 10.2. The highest BCUT2D eigenvalue weighted by Gasteiger charge is 2.17. The Morgan fingerprint density at radius 1 is 1.27 bits per heavy atom. The van der Waals surface area contributed by atoms with E-state index in [9.17, 15) is 19.7 Å². The molecule has 0 saturated carbocycles. The second-order valence-corrected chi connectivity index (χ2v) is 5.15. The van der Waals surface area contributed by atoms with Crippen LogP contribution in [0.15, 0.2) is 36.5 Å². The number of rotatable bonds is 6. The van der Waals surface area contributed by atoms with Gasteiger partial charge in [0.15, 0.2) is 6.61 Å². The number of hydrogen-bond acceptors (Lipinski definition) is 7. The van der Waals surface area contributed by atoms with Gasteiger partial charge in [-0.2, -0.15) is 0 Å². The molecule has 1 aromatic carbocycles. The molecule has 0 spiro atoms. The molecule has 10 nitrogen and oxygen atoms in total. The number of hydrazine groups is 1. The Kier molecular flexibility index (Phi) is 6.28. The summed E-state index contributed by atoms with van der Waals surface area (Å²) in [7, 11) is 1.38. The first kappa shape index (κ1) is 18.9. The predicted octanol–water partition coefficient (Wildman–Crippen LogP) is 1.49. The lowest BCUT2D eigenvalue weighted by Crippen LogP contribution is -2.44. The van der Waals surface area contributed by atoms with Gasteiger partial charge in [-0.3, -0.25) is 20.4 Å². The van der Waals surface area contributed by atoms with Crippen molar-refractivity contribution in [3.05, 3.63) is 57.2 Å². The molecule has 2 rings (SSSR count). The molecule has 0 atom stereocenters. The molecule has 2 amide bonds. The van der Waals surface area contributed by atoms with Crippen molar-refractivity contribution < 1.29 is 24.0 Å². The smallest absolute Gasteiger partial charge is 0.406 e. The molecule has 0 saturated heterocycles. The van der Waals surface area contributed by atoms with E-state index in [0.717, 1.165) is 0 Å². The van der Waals surface area contributed by atoms with E-state index >= 15 is 0 Å². The summed E-state index contributed by atoms with van der Waals surface area (Å²) in [6.45, 7) is -0.570. The van der Waals surface area contributed by atoms with E-state index in [4.69, 9.17) is 21.1 Å². The van der Waals surface area contributed by atoms with E-state index in [2.05, 4.69) is 15.8 Å². The van der Waals surface area contributed by atoms with Crippen molar-refractivity contribution in [2.24, 2.45) is 0 Å². The molecule has 0 aliphatic carbocycles. The van der Waals surface area contributed by atoms with E-state index < -0.39 is 29.2 Å². The van der Waals surface area contributed by atoms with Gasteiger partial charge in [-0.05, 0) is 40.2 Å². The highest BCUT2D eigenvalue weighted by Crippen LogP contribution is 2.23. The summed E-state index contributed by atoms with van der Waals surface area (Å²) in [5.41, 5.74) is 4.40. The summed E-state index contributed by atoms with van der Waals surface area (Å²) < 4.78 is 10.1. The molecule has 0 aliphatic heterocycles. The van der Waals surface area contributed by atoms with Gasteiger partial charge in [0.1, 0.15) is 11.9 Å². The molecule has 0 unspecified atom stereocenters. The van der Waals surface area contributed by atoms with Crippen LogP contribution in [0.1, 0.15) is 10.4 Å². The second-order valence-electron chi connectivity index (χ2n) is 4.72. The maximum Gasteiger partial charge on any atom is 0.406 e. The number of nitrogens with one attached hydrogen (secondary N) is 2. The summed E-state index contributed by atoms with van der Waals surface area (Å²) in [5, 5.41) is 11.1. The topological polar surface area (TPSA) is 133 Å². The minimum atomic E-state index is -0.738.